The van der Waals surface area contributed by atoms with Crippen LogP contribution in [0.15, 0.2) is 18.2 Å². The number of carbonyl (C=O) groups excluding carboxylic acids is 1. The quantitative estimate of drug-likeness (QED) is 0.786. The van der Waals surface area contributed by atoms with Crippen molar-refractivity contribution in [3.05, 3.63) is 34.9 Å². The Bertz CT molecular complexity index is 507. The van der Waals surface area contributed by atoms with Crippen LogP contribution >= 0.6 is 0 Å². The minimum absolute atomic E-state index is 0.0330. The summed E-state index contributed by atoms with van der Waals surface area (Å²) in [5.74, 6) is -0.0596. The molecule has 3 N–H and O–H groups in total. The Morgan fingerprint density at radius 1 is 1.20 bits per heavy atom. The molecular formula is C16H22N2O2. The van der Waals surface area contributed by atoms with Gasteiger partial charge in [-0.05, 0) is 36.1 Å². The van der Waals surface area contributed by atoms with Gasteiger partial charge in [0.2, 0.25) is 0 Å². The zero-order valence-corrected chi connectivity index (χ0v) is 11.7. The number of hydrogen-bond acceptors (Lipinski definition) is 3. The molecule has 0 bridgehead atoms. The Morgan fingerprint density at radius 3 is 2.70 bits per heavy atom. The lowest BCUT2D eigenvalue weighted by Crippen LogP contribution is -2.52. The van der Waals surface area contributed by atoms with Gasteiger partial charge in [0.05, 0.1) is 12.1 Å². The largest absolute Gasteiger partial charge is 0.394 e. The molecule has 0 unspecified atom stereocenters. The van der Waals surface area contributed by atoms with E-state index in [1.54, 1.807) is 0 Å². The van der Waals surface area contributed by atoms with Crippen molar-refractivity contribution < 1.29 is 9.90 Å². The Kier molecular flexibility index (Phi) is 3.76. The van der Waals surface area contributed by atoms with E-state index < -0.39 is 5.54 Å². The number of benzene rings is 1. The normalized spacial score (nSPS) is 20.4. The van der Waals surface area contributed by atoms with Crippen molar-refractivity contribution in [1.82, 2.24) is 10.6 Å². The maximum absolute atomic E-state index is 12.4. The first-order valence-electron chi connectivity index (χ1n) is 7.48. The molecule has 1 heterocycles. The summed E-state index contributed by atoms with van der Waals surface area (Å²) in [5, 5.41) is 16.0. The molecule has 0 saturated heterocycles. The highest BCUT2D eigenvalue weighted by Gasteiger charge is 2.33. The highest BCUT2D eigenvalue weighted by Crippen LogP contribution is 2.28. The summed E-state index contributed by atoms with van der Waals surface area (Å²) < 4.78 is 0. The van der Waals surface area contributed by atoms with Gasteiger partial charge in [0, 0.05) is 18.7 Å². The molecule has 1 amide bonds. The van der Waals surface area contributed by atoms with E-state index in [0.29, 0.717) is 5.56 Å². The van der Waals surface area contributed by atoms with Crippen molar-refractivity contribution in [2.45, 2.75) is 50.7 Å². The maximum atomic E-state index is 12.4. The van der Waals surface area contributed by atoms with Crippen LogP contribution in [0, 0.1) is 0 Å². The van der Waals surface area contributed by atoms with Crippen molar-refractivity contribution >= 4 is 5.91 Å². The van der Waals surface area contributed by atoms with E-state index >= 15 is 0 Å². The highest BCUT2D eigenvalue weighted by atomic mass is 16.3. The molecule has 20 heavy (non-hydrogen) atoms. The molecule has 1 aliphatic carbocycles. The minimum Gasteiger partial charge on any atom is -0.394 e. The number of hydrogen-bond donors (Lipinski definition) is 3. The van der Waals surface area contributed by atoms with Crippen LogP contribution in [0.2, 0.25) is 0 Å². The number of fused-ring (bicyclic) bond motifs is 1. The number of aliphatic hydroxyl groups is 1. The highest BCUT2D eigenvalue weighted by molar-refractivity contribution is 5.95. The second-order valence-electron chi connectivity index (χ2n) is 6.04. The molecular weight excluding hydrogens is 252 g/mol. The predicted molar refractivity (Wildman–Crippen MR) is 77.4 cm³/mol. The summed E-state index contributed by atoms with van der Waals surface area (Å²) in [6.45, 7) is 1.75. The molecule has 0 spiro atoms. The van der Waals surface area contributed by atoms with Gasteiger partial charge in [-0.3, -0.25) is 4.79 Å². The molecule has 4 heteroatoms. The lowest BCUT2D eigenvalue weighted by molar-refractivity contribution is 0.0758. The second-order valence-corrected chi connectivity index (χ2v) is 6.04. The molecule has 0 radical (unpaired) electrons. The standard InChI is InChI=1S/C16H22N2O2/c19-11-16(6-2-1-3-7-16)18-15(20)12-4-5-13-9-17-10-14(13)8-12/h4-5,8,17,19H,1-3,6-7,9-11H2,(H,18,20). The fourth-order valence-electron chi connectivity index (χ4n) is 3.30. The van der Waals surface area contributed by atoms with E-state index in [4.69, 9.17) is 0 Å². The van der Waals surface area contributed by atoms with Crippen LogP contribution in [0.1, 0.15) is 53.6 Å². The van der Waals surface area contributed by atoms with Crippen LogP contribution in [0.5, 0.6) is 0 Å². The summed E-state index contributed by atoms with van der Waals surface area (Å²) in [4.78, 5) is 12.4. The van der Waals surface area contributed by atoms with Crippen molar-refractivity contribution in [2.24, 2.45) is 0 Å². The average Bonchev–Trinajstić information content (AvgIpc) is 2.95. The van der Waals surface area contributed by atoms with E-state index in [-0.39, 0.29) is 12.5 Å². The lowest BCUT2D eigenvalue weighted by atomic mass is 9.82. The van der Waals surface area contributed by atoms with Gasteiger partial charge in [-0.25, -0.2) is 0 Å². The van der Waals surface area contributed by atoms with Gasteiger partial charge in [-0.2, -0.15) is 0 Å². The van der Waals surface area contributed by atoms with Gasteiger partial charge in [-0.15, -0.1) is 0 Å². The number of amides is 1. The maximum Gasteiger partial charge on any atom is 0.251 e. The van der Waals surface area contributed by atoms with Gasteiger partial charge in [0.15, 0.2) is 0 Å². The van der Waals surface area contributed by atoms with Crippen LogP contribution in [-0.2, 0) is 13.1 Å². The van der Waals surface area contributed by atoms with E-state index in [2.05, 4.69) is 10.6 Å². The molecule has 1 saturated carbocycles. The van der Waals surface area contributed by atoms with Crippen molar-refractivity contribution in [3.8, 4) is 0 Å². The molecule has 1 fully saturated rings. The third-order valence-corrected chi connectivity index (χ3v) is 4.59. The van der Waals surface area contributed by atoms with Gasteiger partial charge in [0.25, 0.3) is 5.91 Å². The monoisotopic (exact) mass is 274 g/mol. The Balaban J connectivity index is 1.75. The molecule has 108 valence electrons. The SMILES string of the molecule is O=C(NC1(CO)CCCCC1)c1ccc2c(c1)CNC2. The zero-order chi connectivity index (χ0) is 14.0. The van der Waals surface area contributed by atoms with Crippen LogP contribution in [0.4, 0.5) is 0 Å². The van der Waals surface area contributed by atoms with Crippen LogP contribution in [0.3, 0.4) is 0 Å². The first-order chi connectivity index (χ1) is 9.72. The lowest BCUT2D eigenvalue weighted by Gasteiger charge is -2.36. The Hall–Kier alpha value is -1.39. The summed E-state index contributed by atoms with van der Waals surface area (Å²) in [6, 6.07) is 5.88. The fraction of sp³-hybridized carbons (Fsp3) is 0.562. The number of nitrogens with one attached hydrogen (secondary N) is 2. The zero-order valence-electron chi connectivity index (χ0n) is 11.7. The van der Waals surface area contributed by atoms with Crippen LogP contribution < -0.4 is 10.6 Å². The summed E-state index contributed by atoms with van der Waals surface area (Å²) in [5.41, 5.74) is 2.77. The van der Waals surface area contributed by atoms with Gasteiger partial charge >= 0.3 is 0 Å². The minimum atomic E-state index is -0.410. The van der Waals surface area contributed by atoms with Crippen LogP contribution in [-0.4, -0.2) is 23.2 Å². The predicted octanol–water partition coefficient (Wildman–Crippen LogP) is 1.71. The van der Waals surface area contributed by atoms with Gasteiger partial charge in [0.1, 0.15) is 0 Å². The third-order valence-electron chi connectivity index (χ3n) is 4.59. The fourth-order valence-corrected chi connectivity index (χ4v) is 3.30. The first kappa shape index (κ1) is 13.6. The van der Waals surface area contributed by atoms with E-state index in [1.165, 1.54) is 17.5 Å². The number of rotatable bonds is 3. The smallest absolute Gasteiger partial charge is 0.251 e. The molecule has 4 nitrogen and oxygen atoms in total. The number of aliphatic hydroxyl groups excluding tert-OH is 1. The molecule has 0 atom stereocenters. The molecule has 1 aromatic carbocycles. The molecule has 1 aliphatic heterocycles. The average molecular weight is 274 g/mol. The van der Waals surface area contributed by atoms with Gasteiger partial charge in [-0.1, -0.05) is 25.3 Å². The molecule has 0 aromatic heterocycles. The van der Waals surface area contributed by atoms with E-state index in [0.717, 1.165) is 38.8 Å². The van der Waals surface area contributed by atoms with Crippen molar-refractivity contribution in [1.29, 1.82) is 0 Å². The third kappa shape index (κ3) is 2.58. The van der Waals surface area contributed by atoms with Crippen LogP contribution in [0.25, 0.3) is 0 Å². The number of carbonyl (C=O) groups is 1. The Morgan fingerprint density at radius 2 is 1.95 bits per heavy atom. The van der Waals surface area contributed by atoms with Crippen molar-refractivity contribution in [2.75, 3.05) is 6.61 Å². The topological polar surface area (TPSA) is 61.4 Å². The summed E-state index contributed by atoms with van der Waals surface area (Å²) in [6.07, 6.45) is 5.11. The molecule has 3 rings (SSSR count). The summed E-state index contributed by atoms with van der Waals surface area (Å²) in [7, 11) is 0. The van der Waals surface area contributed by atoms with E-state index in [1.807, 2.05) is 18.2 Å². The first-order valence-corrected chi connectivity index (χ1v) is 7.48. The van der Waals surface area contributed by atoms with Gasteiger partial charge < -0.3 is 15.7 Å². The summed E-state index contributed by atoms with van der Waals surface area (Å²) >= 11 is 0. The second kappa shape index (κ2) is 5.54. The van der Waals surface area contributed by atoms with E-state index in [9.17, 15) is 9.90 Å². The molecule has 2 aliphatic rings. The molecule has 1 aromatic rings. The Labute approximate surface area is 119 Å². The van der Waals surface area contributed by atoms with Crippen molar-refractivity contribution in [3.63, 3.8) is 0 Å².